The van der Waals surface area contributed by atoms with Crippen molar-refractivity contribution in [1.82, 2.24) is 0 Å². The lowest BCUT2D eigenvalue weighted by atomic mass is 10.2. The van der Waals surface area contributed by atoms with Crippen LogP contribution in [0.4, 0.5) is 17.1 Å². The van der Waals surface area contributed by atoms with Crippen molar-refractivity contribution in [2.45, 2.75) is 0 Å². The Kier molecular flexibility index (Phi) is 6.98. The molecule has 0 saturated carbocycles. The van der Waals surface area contributed by atoms with Gasteiger partial charge in [-0.3, -0.25) is 9.59 Å². The third-order valence-electron chi connectivity index (χ3n) is 4.73. The average molecular weight is 437 g/mol. The van der Waals surface area contributed by atoms with Crippen molar-refractivity contribution < 1.29 is 14.3 Å². The molecule has 0 radical (unpaired) electrons. The number of para-hydroxylation sites is 1. The maximum absolute atomic E-state index is 12.4. The number of amides is 2. The van der Waals surface area contributed by atoms with Gasteiger partial charge in [-0.25, -0.2) is 0 Å². The molecule has 0 heterocycles. The maximum atomic E-state index is 12.4. The minimum Gasteiger partial charge on any atom is -0.457 e. The van der Waals surface area contributed by atoms with E-state index in [2.05, 4.69) is 16.0 Å². The summed E-state index contributed by atoms with van der Waals surface area (Å²) in [4.78, 5) is 24.7. The molecule has 0 unspecified atom stereocenters. The highest BCUT2D eigenvalue weighted by Gasteiger charge is 2.07. The van der Waals surface area contributed by atoms with Crippen LogP contribution in [0.2, 0.25) is 0 Å². The highest BCUT2D eigenvalue weighted by Crippen LogP contribution is 2.22. The molecule has 0 saturated heterocycles. The predicted octanol–water partition coefficient (Wildman–Crippen LogP) is 5.78. The first-order valence-corrected chi connectivity index (χ1v) is 10.5. The van der Waals surface area contributed by atoms with Crippen LogP contribution in [0, 0.1) is 0 Å². The summed E-state index contributed by atoms with van der Waals surface area (Å²) in [6.07, 6.45) is 0. The van der Waals surface area contributed by atoms with Crippen LogP contribution in [0.15, 0.2) is 109 Å². The van der Waals surface area contributed by atoms with Crippen LogP contribution >= 0.6 is 0 Å². The summed E-state index contributed by atoms with van der Waals surface area (Å²) < 4.78 is 5.77. The smallest absolute Gasteiger partial charge is 0.255 e. The summed E-state index contributed by atoms with van der Waals surface area (Å²) >= 11 is 0. The first kappa shape index (κ1) is 21.6. The molecule has 6 heteroatoms. The fraction of sp³-hybridized carbons (Fsp3) is 0.0370. The van der Waals surface area contributed by atoms with Crippen LogP contribution in [0.1, 0.15) is 10.4 Å². The highest BCUT2D eigenvalue weighted by molar-refractivity contribution is 6.04. The monoisotopic (exact) mass is 437 g/mol. The summed E-state index contributed by atoms with van der Waals surface area (Å²) in [5.74, 6) is 1.07. The van der Waals surface area contributed by atoms with Gasteiger partial charge in [0.1, 0.15) is 11.5 Å². The van der Waals surface area contributed by atoms with Crippen LogP contribution in [0.25, 0.3) is 0 Å². The number of carbonyl (C=O) groups is 2. The molecule has 0 aliphatic carbocycles. The fourth-order valence-corrected chi connectivity index (χ4v) is 3.12. The Hall–Kier alpha value is -4.58. The van der Waals surface area contributed by atoms with E-state index in [0.29, 0.717) is 22.7 Å². The molecule has 0 aliphatic rings. The van der Waals surface area contributed by atoms with Gasteiger partial charge in [-0.15, -0.1) is 0 Å². The zero-order valence-electron chi connectivity index (χ0n) is 17.8. The van der Waals surface area contributed by atoms with Gasteiger partial charge in [-0.05, 0) is 66.7 Å². The molecule has 0 spiro atoms. The molecule has 33 heavy (non-hydrogen) atoms. The molecule has 164 valence electrons. The summed E-state index contributed by atoms with van der Waals surface area (Å²) in [5.41, 5.74) is 2.56. The second kappa shape index (κ2) is 10.6. The standard InChI is InChI=1S/C27H23N3O3/c31-26(19-28-21-14-16-25(17-15-21)33-24-12-5-2-6-13-24)29-22-10-7-11-23(18-22)30-27(32)20-8-3-1-4-9-20/h1-18,28H,19H2,(H,29,31)(H,30,32). The third kappa shape index (κ3) is 6.45. The van der Waals surface area contributed by atoms with E-state index in [4.69, 9.17) is 4.74 Å². The Morgan fingerprint density at radius 3 is 1.91 bits per heavy atom. The summed E-state index contributed by atoms with van der Waals surface area (Å²) in [7, 11) is 0. The van der Waals surface area contributed by atoms with Crippen molar-refractivity contribution in [3.8, 4) is 11.5 Å². The number of rotatable bonds is 8. The van der Waals surface area contributed by atoms with Crippen molar-refractivity contribution in [1.29, 1.82) is 0 Å². The van der Waals surface area contributed by atoms with Crippen LogP contribution in [-0.2, 0) is 4.79 Å². The highest BCUT2D eigenvalue weighted by atomic mass is 16.5. The Morgan fingerprint density at radius 1 is 0.606 bits per heavy atom. The molecule has 4 aromatic rings. The number of nitrogens with one attached hydrogen (secondary N) is 3. The Balaban J connectivity index is 1.27. The van der Waals surface area contributed by atoms with Gasteiger partial charge in [-0.1, -0.05) is 42.5 Å². The zero-order valence-corrected chi connectivity index (χ0v) is 17.8. The topological polar surface area (TPSA) is 79.5 Å². The number of benzene rings is 4. The van der Waals surface area contributed by atoms with Crippen LogP contribution in [0.5, 0.6) is 11.5 Å². The van der Waals surface area contributed by atoms with Gasteiger partial charge in [0.25, 0.3) is 5.91 Å². The van der Waals surface area contributed by atoms with Crippen molar-refractivity contribution in [3.05, 3.63) is 115 Å². The molecule has 6 nitrogen and oxygen atoms in total. The number of carbonyl (C=O) groups excluding carboxylic acids is 2. The van der Waals surface area contributed by atoms with E-state index in [1.54, 1.807) is 36.4 Å². The molecule has 4 rings (SSSR count). The number of hydrogen-bond donors (Lipinski definition) is 3. The maximum Gasteiger partial charge on any atom is 0.255 e. The molecule has 0 atom stereocenters. The number of anilines is 3. The van der Waals surface area contributed by atoms with Crippen molar-refractivity contribution in [2.24, 2.45) is 0 Å². The Bertz CT molecular complexity index is 1210. The molecule has 4 aromatic carbocycles. The van der Waals surface area contributed by atoms with E-state index < -0.39 is 0 Å². The van der Waals surface area contributed by atoms with E-state index in [1.807, 2.05) is 72.8 Å². The molecular weight excluding hydrogens is 414 g/mol. The van der Waals surface area contributed by atoms with E-state index >= 15 is 0 Å². The molecule has 0 aromatic heterocycles. The van der Waals surface area contributed by atoms with E-state index in [0.717, 1.165) is 11.4 Å². The lowest BCUT2D eigenvalue weighted by Crippen LogP contribution is -2.21. The second-order valence-electron chi connectivity index (χ2n) is 7.24. The van der Waals surface area contributed by atoms with Crippen LogP contribution in [0.3, 0.4) is 0 Å². The summed E-state index contributed by atoms with van der Waals surface area (Å²) in [6.45, 7) is 0.0967. The first-order chi connectivity index (χ1) is 16.2. The molecule has 2 amide bonds. The predicted molar refractivity (Wildman–Crippen MR) is 131 cm³/mol. The summed E-state index contributed by atoms with van der Waals surface area (Å²) in [5, 5.41) is 8.75. The van der Waals surface area contributed by atoms with Gasteiger partial charge in [0.05, 0.1) is 6.54 Å². The van der Waals surface area contributed by atoms with E-state index in [1.165, 1.54) is 0 Å². The van der Waals surface area contributed by atoms with Crippen LogP contribution in [-0.4, -0.2) is 18.4 Å². The second-order valence-corrected chi connectivity index (χ2v) is 7.24. The van der Waals surface area contributed by atoms with Crippen molar-refractivity contribution in [3.63, 3.8) is 0 Å². The number of ether oxygens (including phenoxy) is 1. The molecule has 3 N–H and O–H groups in total. The lowest BCUT2D eigenvalue weighted by molar-refractivity contribution is -0.114. The molecular formula is C27H23N3O3. The van der Waals surface area contributed by atoms with Crippen molar-refractivity contribution in [2.75, 3.05) is 22.5 Å². The Labute approximate surface area is 192 Å². The molecule has 0 aliphatic heterocycles. The Morgan fingerprint density at radius 2 is 1.21 bits per heavy atom. The minimum atomic E-state index is -0.208. The minimum absolute atomic E-state index is 0.0967. The lowest BCUT2D eigenvalue weighted by Gasteiger charge is -2.11. The van der Waals surface area contributed by atoms with Gasteiger partial charge in [0, 0.05) is 22.6 Å². The average Bonchev–Trinajstić information content (AvgIpc) is 2.85. The van der Waals surface area contributed by atoms with E-state index in [-0.39, 0.29) is 18.4 Å². The molecule has 0 fully saturated rings. The largest absolute Gasteiger partial charge is 0.457 e. The molecule has 0 bridgehead atoms. The van der Waals surface area contributed by atoms with Gasteiger partial charge in [-0.2, -0.15) is 0 Å². The first-order valence-electron chi connectivity index (χ1n) is 10.5. The third-order valence-corrected chi connectivity index (χ3v) is 4.73. The fourth-order valence-electron chi connectivity index (χ4n) is 3.12. The van der Waals surface area contributed by atoms with Gasteiger partial charge in [0.2, 0.25) is 5.91 Å². The quantitative estimate of drug-likeness (QED) is 0.326. The van der Waals surface area contributed by atoms with Crippen molar-refractivity contribution >= 4 is 28.9 Å². The van der Waals surface area contributed by atoms with Gasteiger partial charge in [0.15, 0.2) is 0 Å². The van der Waals surface area contributed by atoms with Crippen LogP contribution < -0.4 is 20.7 Å². The summed E-state index contributed by atoms with van der Waals surface area (Å²) in [6, 6.07) is 32.9. The van der Waals surface area contributed by atoms with E-state index in [9.17, 15) is 9.59 Å². The zero-order chi connectivity index (χ0) is 22.9. The van der Waals surface area contributed by atoms with Gasteiger partial charge >= 0.3 is 0 Å². The number of hydrogen-bond acceptors (Lipinski definition) is 4. The van der Waals surface area contributed by atoms with Gasteiger partial charge < -0.3 is 20.7 Å². The normalized spacial score (nSPS) is 10.2. The SMILES string of the molecule is O=C(CNc1ccc(Oc2ccccc2)cc1)Nc1cccc(NC(=O)c2ccccc2)c1.